The van der Waals surface area contributed by atoms with Gasteiger partial charge >= 0.3 is 5.20 Å². The van der Waals surface area contributed by atoms with E-state index in [1.165, 1.54) is 12.1 Å². The lowest BCUT2D eigenvalue weighted by molar-refractivity contribution is -0.128. The molecule has 5 rings (SSSR count). The van der Waals surface area contributed by atoms with E-state index in [1.807, 2.05) is 11.0 Å². The Morgan fingerprint density at radius 1 is 1.06 bits per heavy atom. The molecule has 0 unspecified atom stereocenters. The summed E-state index contributed by atoms with van der Waals surface area (Å²) in [4.78, 5) is 37.6. The maximum absolute atomic E-state index is 15.0. The molecule has 4 heterocycles. The third-order valence-electron chi connectivity index (χ3n) is 7.65. The molecule has 47 heavy (non-hydrogen) atoms. The van der Waals surface area contributed by atoms with Crippen molar-refractivity contribution in [3.8, 4) is 11.3 Å². The summed E-state index contributed by atoms with van der Waals surface area (Å²) in [6.45, 7) is 15.8. The summed E-state index contributed by atoms with van der Waals surface area (Å²) < 4.78 is 24.5. The SMILES string of the molecule is C=CC(=O)N1CCN(C2=NCN(c3c(C(C)C)nc(N)nc3C(C)C)c3nc(-c4ccccc4F)c(Cl)cc32)[C@@H](C)C1.O=P(Cl)(Cl)Cl. The second-order valence-corrected chi connectivity index (χ2v) is 18.7. The van der Waals surface area contributed by atoms with E-state index in [0.29, 0.717) is 47.3 Å². The van der Waals surface area contributed by atoms with Gasteiger partial charge in [0.15, 0.2) is 0 Å². The van der Waals surface area contributed by atoms with Crippen molar-refractivity contribution in [3.05, 3.63) is 70.8 Å². The molecule has 0 spiro atoms. The number of nitrogens with two attached hydrogens (primary N) is 1. The number of piperazine rings is 1. The first-order chi connectivity index (χ1) is 22.0. The van der Waals surface area contributed by atoms with Crippen LogP contribution in [0.4, 0.5) is 21.8 Å². The summed E-state index contributed by atoms with van der Waals surface area (Å²) in [6, 6.07) is 8.24. The molecular formula is C31H36Cl4FN8O2P. The van der Waals surface area contributed by atoms with Gasteiger partial charge in [0.25, 0.3) is 0 Å². The summed E-state index contributed by atoms with van der Waals surface area (Å²) in [7, 11) is 0. The Morgan fingerprint density at radius 3 is 2.19 bits per heavy atom. The normalized spacial score (nSPS) is 16.5. The molecule has 1 amide bonds. The van der Waals surface area contributed by atoms with Crippen molar-refractivity contribution in [1.82, 2.24) is 24.8 Å². The monoisotopic (exact) mass is 742 g/mol. The first-order valence-electron chi connectivity index (χ1n) is 14.8. The highest BCUT2D eigenvalue weighted by molar-refractivity contribution is 8.24. The second-order valence-electron chi connectivity index (χ2n) is 11.7. The van der Waals surface area contributed by atoms with E-state index in [-0.39, 0.29) is 36.4 Å². The van der Waals surface area contributed by atoms with Gasteiger partial charge in [-0.05, 0) is 76.8 Å². The molecule has 2 aromatic heterocycles. The molecule has 1 atom stereocenters. The number of fused-ring (bicyclic) bond motifs is 1. The summed E-state index contributed by atoms with van der Waals surface area (Å²) in [5.74, 6) is 1.07. The zero-order valence-corrected chi connectivity index (χ0v) is 30.5. The summed E-state index contributed by atoms with van der Waals surface area (Å²) in [5.41, 5.74) is 9.87. The number of nitrogens with zero attached hydrogens (tertiary/aromatic N) is 7. The Bertz CT molecular complexity index is 1720. The van der Waals surface area contributed by atoms with Crippen molar-refractivity contribution in [2.24, 2.45) is 4.99 Å². The van der Waals surface area contributed by atoms with Crippen LogP contribution in [-0.2, 0) is 9.36 Å². The van der Waals surface area contributed by atoms with Crippen LogP contribution in [0, 0.1) is 5.82 Å². The molecule has 252 valence electrons. The van der Waals surface area contributed by atoms with Gasteiger partial charge in [-0.1, -0.05) is 58.0 Å². The van der Waals surface area contributed by atoms with Crippen LogP contribution in [0.5, 0.6) is 0 Å². The maximum Gasteiger partial charge on any atom is 0.339 e. The minimum Gasteiger partial charge on any atom is -0.368 e. The summed E-state index contributed by atoms with van der Waals surface area (Å²) in [6.07, 6.45) is 1.34. The van der Waals surface area contributed by atoms with Crippen LogP contribution in [0.3, 0.4) is 0 Å². The number of halogens is 5. The number of rotatable bonds is 5. The average Bonchev–Trinajstić information content (AvgIpc) is 2.99. The van der Waals surface area contributed by atoms with Crippen molar-refractivity contribution < 1.29 is 13.8 Å². The second kappa shape index (κ2) is 15.1. The van der Waals surface area contributed by atoms with Crippen molar-refractivity contribution >= 4 is 79.7 Å². The lowest BCUT2D eigenvalue weighted by Gasteiger charge is -2.43. The van der Waals surface area contributed by atoms with Crippen LogP contribution < -0.4 is 10.6 Å². The first-order valence-corrected chi connectivity index (χ1v) is 19.6. The Morgan fingerprint density at radius 2 is 1.66 bits per heavy atom. The van der Waals surface area contributed by atoms with Gasteiger partial charge in [-0.3, -0.25) is 9.36 Å². The highest BCUT2D eigenvalue weighted by atomic mass is 36.0. The number of hydrogen-bond donors (Lipinski definition) is 1. The Hall–Kier alpha value is -2.95. The minimum absolute atomic E-state index is 0.0249. The number of aromatic nitrogens is 3. The van der Waals surface area contributed by atoms with Crippen LogP contribution in [0.15, 0.2) is 48.0 Å². The van der Waals surface area contributed by atoms with Crippen LogP contribution in [0.25, 0.3) is 11.3 Å². The number of anilines is 3. The third kappa shape index (κ3) is 8.56. The van der Waals surface area contributed by atoms with E-state index in [0.717, 1.165) is 22.9 Å². The van der Waals surface area contributed by atoms with Gasteiger partial charge in [0.2, 0.25) is 11.9 Å². The summed E-state index contributed by atoms with van der Waals surface area (Å²) >= 11 is 20.7. The number of benzene rings is 1. The van der Waals surface area contributed by atoms with E-state index in [2.05, 4.69) is 89.8 Å². The molecule has 0 bridgehead atoms. The van der Waals surface area contributed by atoms with Crippen molar-refractivity contribution in [3.63, 3.8) is 0 Å². The molecule has 0 saturated carbocycles. The fourth-order valence-electron chi connectivity index (χ4n) is 5.60. The zero-order valence-electron chi connectivity index (χ0n) is 26.6. The molecule has 2 aliphatic heterocycles. The van der Waals surface area contributed by atoms with Gasteiger partial charge in [-0.25, -0.2) is 24.3 Å². The molecule has 1 aromatic carbocycles. The number of amides is 1. The minimum atomic E-state index is -3.22. The van der Waals surface area contributed by atoms with Gasteiger partial charge in [-0.2, -0.15) is 0 Å². The fraction of sp³-hybridized carbons (Fsp3) is 0.387. The van der Waals surface area contributed by atoms with Gasteiger partial charge < -0.3 is 20.4 Å². The highest BCUT2D eigenvalue weighted by Gasteiger charge is 2.36. The predicted molar refractivity (Wildman–Crippen MR) is 191 cm³/mol. The molecule has 0 aliphatic carbocycles. The van der Waals surface area contributed by atoms with Crippen LogP contribution >= 0.6 is 50.5 Å². The Kier molecular flexibility index (Phi) is 11.8. The highest BCUT2D eigenvalue weighted by Crippen LogP contribution is 2.61. The Balaban J connectivity index is 0.000000930. The number of nitrogen functional groups attached to an aromatic ring is 1. The van der Waals surface area contributed by atoms with Crippen LogP contribution in [0.2, 0.25) is 5.02 Å². The summed E-state index contributed by atoms with van der Waals surface area (Å²) in [5, 5.41) is -2.91. The van der Waals surface area contributed by atoms with Crippen molar-refractivity contribution in [1.29, 1.82) is 0 Å². The average molecular weight is 744 g/mol. The fourth-order valence-corrected chi connectivity index (χ4v) is 5.85. The quantitative estimate of drug-likeness (QED) is 0.204. The molecule has 2 aliphatic rings. The van der Waals surface area contributed by atoms with Gasteiger partial charge in [0.05, 0.1) is 33.4 Å². The largest absolute Gasteiger partial charge is 0.368 e. The number of carbonyl (C=O) groups excluding carboxylic acids is 1. The van der Waals surface area contributed by atoms with E-state index >= 15 is 4.39 Å². The maximum atomic E-state index is 15.0. The van der Waals surface area contributed by atoms with E-state index in [4.69, 9.17) is 27.3 Å². The van der Waals surface area contributed by atoms with Crippen molar-refractivity contribution in [2.45, 2.75) is 52.5 Å². The topological polar surface area (TPSA) is 121 Å². The molecule has 3 aromatic rings. The number of hydrogen-bond acceptors (Lipinski definition) is 9. The molecule has 16 heteroatoms. The number of pyridine rings is 1. The molecular weight excluding hydrogens is 708 g/mol. The third-order valence-corrected chi connectivity index (χ3v) is 7.94. The number of amidine groups is 1. The van der Waals surface area contributed by atoms with Gasteiger partial charge in [0, 0.05) is 31.2 Å². The lowest BCUT2D eigenvalue weighted by atomic mass is 9.99. The van der Waals surface area contributed by atoms with E-state index in [9.17, 15) is 9.36 Å². The predicted octanol–water partition coefficient (Wildman–Crippen LogP) is 8.55. The van der Waals surface area contributed by atoms with Gasteiger partial charge in [-0.15, -0.1) is 0 Å². The molecule has 2 N–H and O–H groups in total. The number of aliphatic imine (C=N–C) groups is 1. The molecule has 1 saturated heterocycles. The zero-order chi connectivity index (χ0) is 34.8. The smallest absolute Gasteiger partial charge is 0.339 e. The number of carbonyl (C=O) groups is 1. The van der Waals surface area contributed by atoms with Gasteiger partial charge in [0.1, 0.15) is 24.1 Å². The molecule has 1 fully saturated rings. The first kappa shape index (κ1) is 36.9. The molecule has 10 nitrogen and oxygen atoms in total. The standard InChI is InChI=1S/C31H36ClFN8O.Cl3OP/c1-7-24(42)39-12-13-40(19(6)15-39)29-21-14-22(32)27(20-10-8-9-11-23(20)33)36-30(21)41(16-35-29)28-25(17(2)3)37-31(34)38-26(28)18(4)5;1-5(2,3)4/h7-11,14,17-19H,1,12-13,15-16H2,2-6H3,(H2,34,37,38);/t19-;/m0./s1. The van der Waals surface area contributed by atoms with Crippen LogP contribution in [0.1, 0.15) is 63.4 Å². The van der Waals surface area contributed by atoms with E-state index in [1.54, 1.807) is 23.1 Å². The Labute approximate surface area is 293 Å². The van der Waals surface area contributed by atoms with E-state index < -0.39 is 11.0 Å². The lowest BCUT2D eigenvalue weighted by Crippen LogP contribution is -2.56. The van der Waals surface area contributed by atoms with Crippen molar-refractivity contribution in [2.75, 3.05) is 36.9 Å². The van der Waals surface area contributed by atoms with Crippen LogP contribution in [-0.4, -0.2) is 68.8 Å². The molecule has 0 radical (unpaired) electrons.